The third kappa shape index (κ3) is 3.42. The molecule has 1 aliphatic rings. The monoisotopic (exact) mass is 345 g/mol. The zero-order chi connectivity index (χ0) is 13.8. The summed E-state index contributed by atoms with van der Waals surface area (Å²) in [6, 6.07) is 5.49. The number of carbonyl (C=O) groups excluding carboxylic acids is 1. The lowest BCUT2D eigenvalue weighted by atomic mass is 10.1. The Morgan fingerprint density at radius 2 is 2.37 bits per heavy atom. The number of alkyl halides is 1. The Morgan fingerprint density at radius 1 is 1.58 bits per heavy atom. The Labute approximate surface area is 127 Å². The van der Waals surface area contributed by atoms with Crippen LogP contribution in [0.15, 0.2) is 22.7 Å². The largest absolute Gasteiger partial charge is 0.496 e. The number of halogens is 2. The Balaban J connectivity index is 2.12. The maximum Gasteiger partial charge on any atom is 0.257 e. The second kappa shape index (κ2) is 6.62. The SMILES string of the molecule is COc1cc(Br)ccc1C(=O)N1CCC(CCCl)C1. The summed E-state index contributed by atoms with van der Waals surface area (Å²) >= 11 is 9.14. The fraction of sp³-hybridized carbons (Fsp3) is 0.500. The Bertz CT molecular complexity index is 467. The van der Waals surface area contributed by atoms with E-state index in [1.165, 1.54) is 0 Å². The van der Waals surface area contributed by atoms with Crippen molar-refractivity contribution in [2.24, 2.45) is 5.92 Å². The molecular formula is C14H17BrClNO2. The summed E-state index contributed by atoms with van der Waals surface area (Å²) in [6.07, 6.45) is 2.01. The smallest absolute Gasteiger partial charge is 0.257 e. The molecule has 1 fully saturated rings. The predicted molar refractivity (Wildman–Crippen MR) is 80.0 cm³/mol. The number of rotatable bonds is 4. The molecule has 104 valence electrons. The lowest BCUT2D eigenvalue weighted by Crippen LogP contribution is -2.29. The van der Waals surface area contributed by atoms with Crippen molar-refractivity contribution in [3.63, 3.8) is 0 Å². The van der Waals surface area contributed by atoms with Gasteiger partial charge in [0.25, 0.3) is 5.91 Å². The maximum atomic E-state index is 12.5. The fourth-order valence-electron chi connectivity index (χ4n) is 2.42. The second-order valence-electron chi connectivity index (χ2n) is 4.73. The Kier molecular flexibility index (Phi) is 5.11. The fourth-order valence-corrected chi connectivity index (χ4v) is 3.07. The third-order valence-corrected chi connectivity index (χ3v) is 4.20. The van der Waals surface area contributed by atoms with Crippen LogP contribution in [0.3, 0.4) is 0 Å². The zero-order valence-corrected chi connectivity index (χ0v) is 13.2. The number of benzene rings is 1. The van der Waals surface area contributed by atoms with Crippen molar-refractivity contribution in [1.29, 1.82) is 0 Å². The topological polar surface area (TPSA) is 29.5 Å². The van der Waals surface area contributed by atoms with Crippen LogP contribution in [0.5, 0.6) is 5.75 Å². The van der Waals surface area contributed by atoms with Gasteiger partial charge in [0.2, 0.25) is 0 Å². The molecule has 2 rings (SSSR count). The van der Waals surface area contributed by atoms with Gasteiger partial charge in [-0.25, -0.2) is 0 Å². The van der Waals surface area contributed by atoms with E-state index in [2.05, 4.69) is 15.9 Å². The number of amides is 1. The number of carbonyl (C=O) groups is 1. The van der Waals surface area contributed by atoms with Gasteiger partial charge in [0.05, 0.1) is 12.7 Å². The van der Waals surface area contributed by atoms with Gasteiger partial charge in [-0.05, 0) is 37.0 Å². The normalized spacial score (nSPS) is 18.7. The molecule has 0 spiro atoms. The summed E-state index contributed by atoms with van der Waals surface area (Å²) in [7, 11) is 1.58. The van der Waals surface area contributed by atoms with Crippen LogP contribution in [-0.4, -0.2) is 36.9 Å². The molecule has 0 aliphatic carbocycles. The van der Waals surface area contributed by atoms with Gasteiger partial charge in [0.15, 0.2) is 0 Å². The van der Waals surface area contributed by atoms with Gasteiger partial charge in [-0.2, -0.15) is 0 Å². The van der Waals surface area contributed by atoms with Crippen LogP contribution in [0.1, 0.15) is 23.2 Å². The van der Waals surface area contributed by atoms with E-state index in [0.717, 1.165) is 30.4 Å². The van der Waals surface area contributed by atoms with Crippen LogP contribution < -0.4 is 4.74 Å². The van der Waals surface area contributed by atoms with Crippen LogP contribution >= 0.6 is 27.5 Å². The van der Waals surface area contributed by atoms with Crippen molar-refractivity contribution in [2.75, 3.05) is 26.1 Å². The van der Waals surface area contributed by atoms with Crippen molar-refractivity contribution in [1.82, 2.24) is 4.90 Å². The molecular weight excluding hydrogens is 330 g/mol. The molecule has 1 aromatic rings. The first-order chi connectivity index (χ1) is 9.15. The molecule has 1 unspecified atom stereocenters. The highest BCUT2D eigenvalue weighted by Gasteiger charge is 2.28. The van der Waals surface area contributed by atoms with Gasteiger partial charge in [-0.15, -0.1) is 11.6 Å². The summed E-state index contributed by atoms with van der Waals surface area (Å²) in [5.41, 5.74) is 0.622. The summed E-state index contributed by atoms with van der Waals surface area (Å²) in [5.74, 6) is 1.85. The quantitative estimate of drug-likeness (QED) is 0.780. The van der Waals surface area contributed by atoms with Crippen LogP contribution in [0.2, 0.25) is 0 Å². The van der Waals surface area contributed by atoms with Gasteiger partial charge in [0.1, 0.15) is 5.75 Å². The van der Waals surface area contributed by atoms with E-state index in [1.54, 1.807) is 13.2 Å². The second-order valence-corrected chi connectivity index (χ2v) is 6.02. The molecule has 1 aromatic carbocycles. The molecule has 0 radical (unpaired) electrons. The van der Waals surface area contributed by atoms with E-state index in [0.29, 0.717) is 23.1 Å². The van der Waals surface area contributed by atoms with Crippen LogP contribution in [0.4, 0.5) is 0 Å². The average molecular weight is 347 g/mol. The first kappa shape index (κ1) is 14.7. The predicted octanol–water partition coefficient (Wildman–Crippen LogP) is 3.55. The zero-order valence-electron chi connectivity index (χ0n) is 10.9. The Morgan fingerprint density at radius 3 is 3.05 bits per heavy atom. The minimum atomic E-state index is 0.0430. The number of hydrogen-bond acceptors (Lipinski definition) is 2. The number of nitrogens with zero attached hydrogens (tertiary/aromatic N) is 1. The summed E-state index contributed by atoms with van der Waals surface area (Å²) in [5, 5.41) is 0. The van der Waals surface area contributed by atoms with Crippen molar-refractivity contribution in [2.45, 2.75) is 12.8 Å². The molecule has 19 heavy (non-hydrogen) atoms. The molecule has 1 saturated heterocycles. The minimum absolute atomic E-state index is 0.0430. The third-order valence-electron chi connectivity index (χ3n) is 3.48. The minimum Gasteiger partial charge on any atom is -0.496 e. The summed E-state index contributed by atoms with van der Waals surface area (Å²) < 4.78 is 6.19. The van der Waals surface area contributed by atoms with E-state index in [-0.39, 0.29) is 5.91 Å². The molecule has 3 nitrogen and oxygen atoms in total. The van der Waals surface area contributed by atoms with Crippen molar-refractivity contribution < 1.29 is 9.53 Å². The molecule has 0 saturated carbocycles. The molecule has 5 heteroatoms. The number of likely N-dealkylation sites (tertiary alicyclic amines) is 1. The van der Waals surface area contributed by atoms with Gasteiger partial charge in [0, 0.05) is 23.4 Å². The molecule has 1 atom stereocenters. The Hall–Kier alpha value is -0.740. The first-order valence-corrected chi connectivity index (χ1v) is 7.67. The highest BCUT2D eigenvalue weighted by Crippen LogP contribution is 2.27. The van der Waals surface area contributed by atoms with Crippen molar-refractivity contribution >= 4 is 33.4 Å². The van der Waals surface area contributed by atoms with Crippen LogP contribution in [-0.2, 0) is 0 Å². The lowest BCUT2D eigenvalue weighted by molar-refractivity contribution is 0.0783. The average Bonchev–Trinajstić information content (AvgIpc) is 2.87. The molecule has 0 N–H and O–H groups in total. The first-order valence-electron chi connectivity index (χ1n) is 6.34. The van der Waals surface area contributed by atoms with Crippen LogP contribution in [0.25, 0.3) is 0 Å². The van der Waals surface area contributed by atoms with Gasteiger partial charge >= 0.3 is 0 Å². The highest BCUT2D eigenvalue weighted by atomic mass is 79.9. The maximum absolute atomic E-state index is 12.5. The van der Waals surface area contributed by atoms with Gasteiger partial charge < -0.3 is 9.64 Å². The van der Waals surface area contributed by atoms with E-state index in [1.807, 2.05) is 17.0 Å². The lowest BCUT2D eigenvalue weighted by Gasteiger charge is -2.18. The highest BCUT2D eigenvalue weighted by molar-refractivity contribution is 9.10. The number of hydrogen-bond donors (Lipinski definition) is 0. The number of ether oxygens (including phenoxy) is 1. The van der Waals surface area contributed by atoms with E-state index >= 15 is 0 Å². The molecule has 0 bridgehead atoms. The van der Waals surface area contributed by atoms with E-state index in [9.17, 15) is 4.79 Å². The van der Waals surface area contributed by atoms with E-state index < -0.39 is 0 Å². The van der Waals surface area contributed by atoms with Gasteiger partial charge in [-0.1, -0.05) is 15.9 Å². The van der Waals surface area contributed by atoms with Gasteiger partial charge in [-0.3, -0.25) is 4.79 Å². The summed E-state index contributed by atoms with van der Waals surface area (Å²) in [6.45, 7) is 1.60. The molecule has 0 aromatic heterocycles. The van der Waals surface area contributed by atoms with E-state index in [4.69, 9.17) is 16.3 Å². The molecule has 1 amide bonds. The molecule has 1 heterocycles. The van der Waals surface area contributed by atoms with Crippen molar-refractivity contribution in [3.8, 4) is 5.75 Å². The number of methoxy groups -OCH3 is 1. The standard InChI is InChI=1S/C14H17BrClNO2/c1-19-13-8-11(15)2-3-12(13)14(18)17-7-5-10(9-17)4-6-16/h2-3,8,10H,4-7,9H2,1H3. The van der Waals surface area contributed by atoms with Crippen LogP contribution in [0, 0.1) is 5.92 Å². The summed E-state index contributed by atoms with van der Waals surface area (Å²) in [4.78, 5) is 14.4. The molecule has 1 aliphatic heterocycles. The van der Waals surface area contributed by atoms with Crippen molar-refractivity contribution in [3.05, 3.63) is 28.2 Å².